The van der Waals surface area contributed by atoms with Crippen LogP contribution in [-0.2, 0) is 0 Å². The highest BCUT2D eigenvalue weighted by molar-refractivity contribution is 4.78. The van der Waals surface area contributed by atoms with E-state index in [2.05, 4.69) is 17.1 Å². The summed E-state index contributed by atoms with van der Waals surface area (Å²) >= 11 is 0. The van der Waals surface area contributed by atoms with Gasteiger partial charge >= 0.3 is 0 Å². The number of hydrogen-bond acceptors (Lipinski definition) is 3. The topological polar surface area (TPSA) is 35.5 Å². The average molecular weight is 172 g/mol. The minimum atomic E-state index is 0.312. The molecule has 0 radical (unpaired) electrons. The second kappa shape index (κ2) is 5.51. The van der Waals surface area contributed by atoms with Gasteiger partial charge < -0.3 is 10.4 Å². The highest BCUT2D eigenvalue weighted by Crippen LogP contribution is 2.07. The Bertz CT molecular complexity index is 101. The van der Waals surface area contributed by atoms with Crippen molar-refractivity contribution in [2.24, 2.45) is 0 Å². The van der Waals surface area contributed by atoms with Gasteiger partial charge in [0.05, 0.1) is 0 Å². The zero-order valence-corrected chi connectivity index (χ0v) is 7.92. The molecule has 12 heavy (non-hydrogen) atoms. The number of piperazine rings is 1. The summed E-state index contributed by atoms with van der Waals surface area (Å²) in [6, 6.07) is 0.559. The summed E-state index contributed by atoms with van der Waals surface area (Å²) in [5.74, 6) is 0. The van der Waals surface area contributed by atoms with Crippen LogP contribution < -0.4 is 5.32 Å². The van der Waals surface area contributed by atoms with Crippen molar-refractivity contribution in [3.8, 4) is 0 Å². The molecule has 0 aromatic rings. The Hall–Kier alpha value is -0.120. The van der Waals surface area contributed by atoms with Gasteiger partial charge in [-0.1, -0.05) is 6.92 Å². The molecular weight excluding hydrogens is 152 g/mol. The number of hydrogen-bond donors (Lipinski definition) is 2. The Morgan fingerprint density at radius 2 is 2.42 bits per heavy atom. The molecule has 1 aliphatic heterocycles. The van der Waals surface area contributed by atoms with E-state index in [0.717, 1.165) is 26.1 Å². The van der Waals surface area contributed by atoms with Gasteiger partial charge in [0, 0.05) is 32.3 Å². The fourth-order valence-corrected chi connectivity index (χ4v) is 1.82. The number of nitrogens with zero attached hydrogens (tertiary/aromatic N) is 1. The number of rotatable bonds is 4. The molecule has 0 aromatic heterocycles. The molecule has 1 aliphatic rings. The largest absolute Gasteiger partial charge is 0.396 e. The van der Waals surface area contributed by atoms with Crippen molar-refractivity contribution in [1.82, 2.24) is 10.2 Å². The van der Waals surface area contributed by atoms with Crippen LogP contribution in [0, 0.1) is 0 Å². The lowest BCUT2D eigenvalue weighted by Crippen LogP contribution is -2.51. The van der Waals surface area contributed by atoms with Crippen molar-refractivity contribution < 1.29 is 5.11 Å². The number of nitrogens with one attached hydrogen (secondary N) is 1. The van der Waals surface area contributed by atoms with E-state index >= 15 is 0 Å². The summed E-state index contributed by atoms with van der Waals surface area (Å²) in [7, 11) is 0. The molecule has 72 valence electrons. The minimum Gasteiger partial charge on any atom is -0.396 e. The van der Waals surface area contributed by atoms with Gasteiger partial charge in [-0.2, -0.15) is 0 Å². The van der Waals surface area contributed by atoms with Gasteiger partial charge in [-0.15, -0.1) is 0 Å². The van der Waals surface area contributed by atoms with Gasteiger partial charge in [0.1, 0.15) is 0 Å². The summed E-state index contributed by atoms with van der Waals surface area (Å²) in [6.07, 6.45) is 2.12. The van der Waals surface area contributed by atoms with E-state index in [1.165, 1.54) is 13.0 Å². The number of aliphatic hydroxyl groups is 1. The summed E-state index contributed by atoms with van der Waals surface area (Å²) < 4.78 is 0. The van der Waals surface area contributed by atoms with E-state index in [4.69, 9.17) is 5.11 Å². The Morgan fingerprint density at radius 3 is 3.08 bits per heavy atom. The molecule has 1 unspecified atom stereocenters. The summed E-state index contributed by atoms with van der Waals surface area (Å²) in [5.41, 5.74) is 0. The molecule has 2 N–H and O–H groups in total. The van der Waals surface area contributed by atoms with Crippen molar-refractivity contribution in [1.29, 1.82) is 0 Å². The zero-order chi connectivity index (χ0) is 8.81. The minimum absolute atomic E-state index is 0.312. The molecule has 1 saturated heterocycles. The van der Waals surface area contributed by atoms with Crippen LogP contribution in [0.1, 0.15) is 19.8 Å². The molecule has 0 aliphatic carbocycles. The summed E-state index contributed by atoms with van der Waals surface area (Å²) in [5, 5.41) is 12.2. The first-order chi connectivity index (χ1) is 5.88. The normalized spacial score (nSPS) is 26.0. The predicted molar refractivity (Wildman–Crippen MR) is 50.2 cm³/mol. The molecule has 0 spiro atoms. The van der Waals surface area contributed by atoms with Crippen LogP contribution >= 0.6 is 0 Å². The van der Waals surface area contributed by atoms with Crippen LogP contribution in [0.15, 0.2) is 0 Å². The Morgan fingerprint density at radius 1 is 1.58 bits per heavy atom. The zero-order valence-electron chi connectivity index (χ0n) is 7.92. The molecule has 0 saturated carbocycles. The maximum Gasteiger partial charge on any atom is 0.0446 e. The fraction of sp³-hybridized carbons (Fsp3) is 1.00. The third-order valence-electron chi connectivity index (χ3n) is 2.45. The maximum atomic E-state index is 8.85. The van der Waals surface area contributed by atoms with E-state index in [1.807, 2.05) is 0 Å². The van der Waals surface area contributed by atoms with Gasteiger partial charge in [-0.05, 0) is 19.4 Å². The lowest BCUT2D eigenvalue weighted by Gasteiger charge is -2.35. The van der Waals surface area contributed by atoms with Crippen molar-refractivity contribution >= 4 is 0 Å². The van der Waals surface area contributed by atoms with Crippen LogP contribution in [0.4, 0.5) is 0 Å². The fourth-order valence-electron chi connectivity index (χ4n) is 1.82. The van der Waals surface area contributed by atoms with Gasteiger partial charge in [-0.25, -0.2) is 0 Å². The van der Waals surface area contributed by atoms with Gasteiger partial charge in [-0.3, -0.25) is 4.90 Å². The summed E-state index contributed by atoms with van der Waals surface area (Å²) in [6.45, 7) is 6.97. The van der Waals surface area contributed by atoms with Crippen LogP contribution in [-0.4, -0.2) is 48.8 Å². The molecule has 1 heterocycles. The van der Waals surface area contributed by atoms with E-state index in [0.29, 0.717) is 12.6 Å². The van der Waals surface area contributed by atoms with E-state index in [1.54, 1.807) is 0 Å². The molecular formula is C9H20N2O. The van der Waals surface area contributed by atoms with Crippen molar-refractivity contribution in [2.45, 2.75) is 25.8 Å². The van der Waals surface area contributed by atoms with Crippen LogP contribution in [0.25, 0.3) is 0 Å². The van der Waals surface area contributed by atoms with Gasteiger partial charge in [0.25, 0.3) is 0 Å². The molecule has 1 atom stereocenters. The van der Waals surface area contributed by atoms with Crippen LogP contribution in [0.2, 0.25) is 0 Å². The second-order valence-electron chi connectivity index (χ2n) is 3.41. The van der Waals surface area contributed by atoms with Crippen molar-refractivity contribution in [3.05, 3.63) is 0 Å². The van der Waals surface area contributed by atoms with E-state index in [-0.39, 0.29) is 0 Å². The predicted octanol–water partition coefficient (Wildman–Crippen LogP) is 0.0526. The van der Waals surface area contributed by atoms with Crippen LogP contribution in [0.5, 0.6) is 0 Å². The van der Waals surface area contributed by atoms with Crippen molar-refractivity contribution in [3.63, 3.8) is 0 Å². The lowest BCUT2D eigenvalue weighted by molar-refractivity contribution is 0.130. The first-order valence-corrected chi connectivity index (χ1v) is 4.94. The van der Waals surface area contributed by atoms with Gasteiger partial charge in [0.2, 0.25) is 0 Å². The molecule has 0 bridgehead atoms. The Labute approximate surface area is 74.8 Å². The standard InChI is InChI=1S/C9H20N2O/c1-2-5-11-6-4-10-8-9(11)3-7-12/h9-10,12H,2-8H2,1H3. The molecule has 0 aromatic carbocycles. The lowest BCUT2D eigenvalue weighted by atomic mass is 10.1. The second-order valence-corrected chi connectivity index (χ2v) is 3.41. The smallest absolute Gasteiger partial charge is 0.0446 e. The molecule has 3 nitrogen and oxygen atoms in total. The Kier molecular flexibility index (Phi) is 4.58. The molecule has 1 fully saturated rings. The maximum absolute atomic E-state index is 8.85. The number of aliphatic hydroxyl groups excluding tert-OH is 1. The first-order valence-electron chi connectivity index (χ1n) is 4.94. The SMILES string of the molecule is CCCN1CCNCC1CCO. The molecule has 0 amide bonds. The summed E-state index contributed by atoms with van der Waals surface area (Å²) in [4.78, 5) is 2.48. The molecule has 1 rings (SSSR count). The highest BCUT2D eigenvalue weighted by atomic mass is 16.3. The third-order valence-corrected chi connectivity index (χ3v) is 2.45. The quantitative estimate of drug-likeness (QED) is 0.629. The van der Waals surface area contributed by atoms with E-state index in [9.17, 15) is 0 Å². The first kappa shape index (κ1) is 9.96. The third kappa shape index (κ3) is 2.73. The molecule has 3 heteroatoms. The van der Waals surface area contributed by atoms with Gasteiger partial charge in [0.15, 0.2) is 0 Å². The highest BCUT2D eigenvalue weighted by Gasteiger charge is 2.19. The van der Waals surface area contributed by atoms with Crippen LogP contribution in [0.3, 0.4) is 0 Å². The van der Waals surface area contributed by atoms with Crippen molar-refractivity contribution in [2.75, 3.05) is 32.8 Å². The average Bonchev–Trinajstić information content (AvgIpc) is 2.09. The Balaban J connectivity index is 2.31. The van der Waals surface area contributed by atoms with E-state index < -0.39 is 0 Å². The monoisotopic (exact) mass is 172 g/mol.